The number of fused-ring (bicyclic) bond motifs is 1. The maximum atomic E-state index is 12.2. The van der Waals surface area contributed by atoms with Crippen molar-refractivity contribution >= 4 is 11.6 Å². The van der Waals surface area contributed by atoms with Gasteiger partial charge in [-0.2, -0.15) is 5.06 Å². The number of carbonyl (C=O) groups is 1. The number of nitrogens with two attached hydrogens (primary N) is 1. The van der Waals surface area contributed by atoms with Crippen LogP contribution in [0, 0.1) is 0 Å². The molecule has 98 valence electrons. The van der Waals surface area contributed by atoms with Crippen molar-refractivity contribution < 1.29 is 27.9 Å². The minimum Gasteiger partial charge on any atom is -0.403 e. The minimum absolute atomic E-state index is 0.0419. The van der Waals surface area contributed by atoms with Crippen LogP contribution in [0.15, 0.2) is 18.2 Å². The Balaban J connectivity index is 2.47. The Hall–Kier alpha value is -1.80. The number of rotatable bonds is 1. The number of anilines is 1. The van der Waals surface area contributed by atoms with E-state index < -0.39 is 24.1 Å². The quantitative estimate of drug-likeness (QED) is 0.745. The lowest BCUT2D eigenvalue weighted by atomic mass is 9.99. The fourth-order valence-corrected chi connectivity index (χ4v) is 1.77. The number of carbonyl (C=O) groups excluding carboxylic acids is 1. The van der Waals surface area contributed by atoms with Gasteiger partial charge in [0.2, 0.25) is 0 Å². The molecule has 1 aromatic rings. The number of halogens is 3. The first-order valence-electron chi connectivity index (χ1n) is 4.95. The molecule has 1 atom stereocenters. The summed E-state index contributed by atoms with van der Waals surface area (Å²) in [6, 6.07) is 2.83. The van der Waals surface area contributed by atoms with Gasteiger partial charge in [0.15, 0.2) is 5.75 Å². The van der Waals surface area contributed by atoms with Crippen LogP contribution in [0.5, 0.6) is 5.75 Å². The number of nitrogens with zero attached hydrogens (tertiary/aromatic N) is 1. The van der Waals surface area contributed by atoms with Crippen LogP contribution < -0.4 is 15.5 Å². The second kappa shape index (κ2) is 4.14. The zero-order valence-corrected chi connectivity index (χ0v) is 8.94. The van der Waals surface area contributed by atoms with Gasteiger partial charge in [0.25, 0.3) is 5.91 Å². The topological polar surface area (TPSA) is 75.8 Å². The van der Waals surface area contributed by atoms with Gasteiger partial charge >= 0.3 is 6.36 Å². The number of amides is 1. The molecule has 18 heavy (non-hydrogen) atoms. The van der Waals surface area contributed by atoms with E-state index in [1.165, 1.54) is 12.1 Å². The fraction of sp³-hybridized carbons (Fsp3) is 0.300. The molecule has 1 aliphatic heterocycles. The molecule has 0 saturated carbocycles. The van der Waals surface area contributed by atoms with Crippen molar-refractivity contribution in [2.45, 2.75) is 18.8 Å². The third kappa shape index (κ3) is 2.24. The molecular formula is C10H9F3N2O3. The number of ether oxygens (including phenoxy) is 1. The SMILES string of the molecule is N[C@H]1Cc2cccc(OC(F)(F)F)c2N(O)C1=O. The smallest absolute Gasteiger partial charge is 0.403 e. The summed E-state index contributed by atoms with van der Waals surface area (Å²) in [5.41, 5.74) is 5.44. The first-order chi connectivity index (χ1) is 8.29. The van der Waals surface area contributed by atoms with Crippen molar-refractivity contribution in [3.8, 4) is 5.75 Å². The number of hydroxylamine groups is 1. The van der Waals surface area contributed by atoms with Gasteiger partial charge in [0.1, 0.15) is 5.69 Å². The number of alkyl halides is 3. The number of hydrogen-bond acceptors (Lipinski definition) is 4. The molecule has 0 aromatic heterocycles. The van der Waals surface area contributed by atoms with Crippen molar-refractivity contribution in [2.75, 3.05) is 5.06 Å². The number of hydrogen-bond donors (Lipinski definition) is 2. The third-order valence-corrected chi connectivity index (χ3v) is 2.49. The monoisotopic (exact) mass is 262 g/mol. The molecule has 0 saturated heterocycles. The van der Waals surface area contributed by atoms with E-state index in [1.807, 2.05) is 0 Å². The normalized spacial score (nSPS) is 19.7. The molecular weight excluding hydrogens is 253 g/mol. The van der Waals surface area contributed by atoms with Gasteiger partial charge in [-0.3, -0.25) is 10.0 Å². The van der Waals surface area contributed by atoms with E-state index in [1.54, 1.807) is 0 Å². The van der Waals surface area contributed by atoms with Gasteiger partial charge in [0.05, 0.1) is 6.04 Å². The molecule has 0 bridgehead atoms. The van der Waals surface area contributed by atoms with Crippen LogP contribution in [0.4, 0.5) is 18.9 Å². The lowest BCUT2D eigenvalue weighted by molar-refractivity contribution is -0.274. The van der Waals surface area contributed by atoms with Crippen molar-refractivity contribution in [3.63, 3.8) is 0 Å². The Bertz CT molecular complexity index is 490. The van der Waals surface area contributed by atoms with Gasteiger partial charge in [-0.05, 0) is 18.1 Å². The molecule has 8 heteroatoms. The second-order valence-electron chi connectivity index (χ2n) is 3.77. The van der Waals surface area contributed by atoms with E-state index in [0.717, 1.165) is 6.07 Å². The standard InChI is InChI=1S/C10H9F3N2O3/c11-10(12,13)18-7-3-1-2-5-4-6(14)9(16)15(17)8(5)7/h1-3,6,17H,4,14H2/t6-/m0/s1. The Morgan fingerprint density at radius 1 is 1.44 bits per heavy atom. The van der Waals surface area contributed by atoms with E-state index in [4.69, 9.17) is 5.73 Å². The zero-order valence-electron chi connectivity index (χ0n) is 8.94. The van der Waals surface area contributed by atoms with Crippen molar-refractivity contribution in [3.05, 3.63) is 23.8 Å². The number of para-hydroxylation sites is 1. The highest BCUT2D eigenvalue weighted by molar-refractivity contribution is 5.99. The maximum absolute atomic E-state index is 12.2. The van der Waals surface area contributed by atoms with Crippen molar-refractivity contribution in [1.82, 2.24) is 0 Å². The molecule has 0 aliphatic carbocycles. The highest BCUT2D eigenvalue weighted by Gasteiger charge is 2.37. The Labute approximate surface area is 99.5 Å². The van der Waals surface area contributed by atoms with Crippen LogP contribution in [0.1, 0.15) is 5.56 Å². The van der Waals surface area contributed by atoms with Gasteiger partial charge in [0, 0.05) is 0 Å². The Morgan fingerprint density at radius 2 is 2.11 bits per heavy atom. The van der Waals surface area contributed by atoms with Crippen LogP contribution in [0.2, 0.25) is 0 Å². The molecule has 0 spiro atoms. The zero-order chi connectivity index (χ0) is 13.5. The lowest BCUT2D eigenvalue weighted by Crippen LogP contribution is -2.47. The first-order valence-corrected chi connectivity index (χ1v) is 4.95. The van der Waals surface area contributed by atoms with Crippen LogP contribution in [-0.2, 0) is 11.2 Å². The summed E-state index contributed by atoms with van der Waals surface area (Å²) >= 11 is 0. The average molecular weight is 262 g/mol. The summed E-state index contributed by atoms with van der Waals surface area (Å²) < 4.78 is 40.3. The molecule has 1 amide bonds. The van der Waals surface area contributed by atoms with Crippen molar-refractivity contribution in [2.24, 2.45) is 5.73 Å². The Kier molecular flexibility index (Phi) is 2.91. The summed E-state index contributed by atoms with van der Waals surface area (Å²) in [6.45, 7) is 0. The largest absolute Gasteiger partial charge is 0.573 e. The first kappa shape index (κ1) is 12.7. The van der Waals surface area contributed by atoms with E-state index in [0.29, 0.717) is 5.56 Å². The molecule has 0 unspecified atom stereocenters. The van der Waals surface area contributed by atoms with Crippen LogP contribution >= 0.6 is 0 Å². The van der Waals surface area contributed by atoms with Crippen molar-refractivity contribution in [1.29, 1.82) is 0 Å². The van der Waals surface area contributed by atoms with Crippen LogP contribution in [0.25, 0.3) is 0 Å². The van der Waals surface area contributed by atoms with Crippen LogP contribution in [-0.4, -0.2) is 23.5 Å². The second-order valence-corrected chi connectivity index (χ2v) is 3.77. The lowest BCUT2D eigenvalue weighted by Gasteiger charge is -2.29. The highest BCUT2D eigenvalue weighted by atomic mass is 19.4. The van der Waals surface area contributed by atoms with Gasteiger partial charge < -0.3 is 10.5 Å². The average Bonchev–Trinajstić information content (AvgIpc) is 2.23. The molecule has 2 rings (SSSR count). The maximum Gasteiger partial charge on any atom is 0.573 e. The summed E-state index contributed by atoms with van der Waals surface area (Å²) in [4.78, 5) is 11.4. The fourth-order valence-electron chi connectivity index (χ4n) is 1.77. The van der Waals surface area contributed by atoms with Gasteiger partial charge in [-0.15, -0.1) is 13.2 Å². The molecule has 1 heterocycles. The van der Waals surface area contributed by atoms with Gasteiger partial charge in [-0.25, -0.2) is 0 Å². The molecule has 3 N–H and O–H groups in total. The van der Waals surface area contributed by atoms with E-state index in [-0.39, 0.29) is 17.2 Å². The summed E-state index contributed by atoms with van der Waals surface area (Å²) in [7, 11) is 0. The summed E-state index contributed by atoms with van der Waals surface area (Å²) in [6.07, 6.45) is -4.86. The Morgan fingerprint density at radius 3 is 2.72 bits per heavy atom. The van der Waals surface area contributed by atoms with E-state index in [2.05, 4.69) is 4.74 Å². The molecule has 1 aliphatic rings. The highest BCUT2D eigenvalue weighted by Crippen LogP contribution is 2.38. The summed E-state index contributed by atoms with van der Waals surface area (Å²) in [5.74, 6) is -1.51. The molecule has 0 fully saturated rings. The van der Waals surface area contributed by atoms with Crippen LogP contribution in [0.3, 0.4) is 0 Å². The summed E-state index contributed by atoms with van der Waals surface area (Å²) in [5, 5.41) is 9.64. The molecule has 0 radical (unpaired) electrons. The predicted octanol–water partition coefficient (Wildman–Crippen LogP) is 1.19. The van der Waals surface area contributed by atoms with E-state index >= 15 is 0 Å². The molecule has 5 nitrogen and oxygen atoms in total. The predicted molar refractivity (Wildman–Crippen MR) is 54.1 cm³/mol. The third-order valence-electron chi connectivity index (χ3n) is 2.49. The molecule has 1 aromatic carbocycles. The van der Waals surface area contributed by atoms with Gasteiger partial charge in [-0.1, -0.05) is 12.1 Å². The minimum atomic E-state index is -4.90. The van der Waals surface area contributed by atoms with E-state index in [9.17, 15) is 23.2 Å². The number of benzene rings is 1.